The van der Waals surface area contributed by atoms with Gasteiger partial charge in [0.15, 0.2) is 0 Å². The summed E-state index contributed by atoms with van der Waals surface area (Å²) in [6, 6.07) is 13.8. The highest BCUT2D eigenvalue weighted by atomic mass is 16.5. The number of hydrogen-bond donors (Lipinski definition) is 2. The zero-order chi connectivity index (χ0) is 18.8. The van der Waals surface area contributed by atoms with Crippen molar-refractivity contribution in [3.05, 3.63) is 54.1 Å². The van der Waals surface area contributed by atoms with Gasteiger partial charge in [0.1, 0.15) is 12.4 Å². The summed E-state index contributed by atoms with van der Waals surface area (Å²) in [5, 5.41) is 5.78. The molecule has 2 aromatic rings. The molecule has 0 aliphatic rings. The minimum atomic E-state index is -0.417. The van der Waals surface area contributed by atoms with Gasteiger partial charge in [-0.25, -0.2) is 4.79 Å². The van der Waals surface area contributed by atoms with E-state index >= 15 is 0 Å². The third-order valence-corrected chi connectivity index (χ3v) is 3.45. The van der Waals surface area contributed by atoms with E-state index in [9.17, 15) is 9.59 Å². The third-order valence-electron chi connectivity index (χ3n) is 3.45. The smallest absolute Gasteiger partial charge is 0.337 e. The van der Waals surface area contributed by atoms with Crippen molar-refractivity contribution in [2.45, 2.75) is 0 Å². The number of anilines is 2. The topological polar surface area (TPSA) is 85.9 Å². The van der Waals surface area contributed by atoms with Crippen molar-refractivity contribution in [2.75, 3.05) is 44.6 Å². The number of nitrogens with one attached hydrogen (secondary N) is 2. The van der Waals surface area contributed by atoms with Crippen LogP contribution < -0.4 is 15.4 Å². The van der Waals surface area contributed by atoms with Crippen molar-refractivity contribution in [3.8, 4) is 5.75 Å². The Morgan fingerprint density at radius 2 is 1.54 bits per heavy atom. The van der Waals surface area contributed by atoms with Gasteiger partial charge in [-0.1, -0.05) is 0 Å². The van der Waals surface area contributed by atoms with Crippen LogP contribution in [-0.4, -0.2) is 45.9 Å². The van der Waals surface area contributed by atoms with Crippen molar-refractivity contribution in [1.29, 1.82) is 0 Å². The van der Waals surface area contributed by atoms with Gasteiger partial charge >= 0.3 is 5.97 Å². The number of hydrogen-bond acceptors (Lipinski definition) is 6. The molecule has 0 spiro atoms. The molecular formula is C19H22N2O5. The molecule has 0 saturated heterocycles. The standard InChI is InChI=1S/C19H22N2O5/c1-24-11-12-26-17-9-7-15(8-10-17)20-13-18(22)21-16-5-3-14(4-6-16)19(23)25-2/h3-10,20H,11-13H2,1-2H3,(H,21,22). The molecule has 0 bridgehead atoms. The Morgan fingerprint density at radius 1 is 0.885 bits per heavy atom. The second-order valence-corrected chi connectivity index (χ2v) is 5.34. The van der Waals surface area contributed by atoms with Crippen molar-refractivity contribution in [2.24, 2.45) is 0 Å². The van der Waals surface area contributed by atoms with Crippen molar-refractivity contribution in [1.82, 2.24) is 0 Å². The first kappa shape index (κ1) is 19.3. The first-order chi connectivity index (χ1) is 12.6. The molecule has 2 N–H and O–H groups in total. The summed E-state index contributed by atoms with van der Waals surface area (Å²) in [6.45, 7) is 1.13. The largest absolute Gasteiger partial charge is 0.491 e. The number of carbonyl (C=O) groups excluding carboxylic acids is 2. The highest BCUT2D eigenvalue weighted by Crippen LogP contribution is 2.15. The Balaban J connectivity index is 1.78. The molecule has 1 amide bonds. The van der Waals surface area contributed by atoms with Crippen LogP contribution >= 0.6 is 0 Å². The highest BCUT2D eigenvalue weighted by molar-refractivity contribution is 5.95. The maximum absolute atomic E-state index is 12.0. The summed E-state index contributed by atoms with van der Waals surface area (Å²) in [6.07, 6.45) is 0. The Morgan fingerprint density at radius 3 is 2.15 bits per heavy atom. The number of methoxy groups -OCH3 is 2. The average Bonchev–Trinajstić information content (AvgIpc) is 2.67. The van der Waals surface area contributed by atoms with E-state index in [4.69, 9.17) is 9.47 Å². The molecule has 0 aliphatic heterocycles. The fourth-order valence-corrected chi connectivity index (χ4v) is 2.11. The fourth-order valence-electron chi connectivity index (χ4n) is 2.11. The van der Waals surface area contributed by atoms with Crippen LogP contribution in [0.2, 0.25) is 0 Å². The molecule has 0 unspecified atom stereocenters. The summed E-state index contributed by atoms with van der Waals surface area (Å²) < 4.78 is 15.0. The van der Waals surface area contributed by atoms with Crippen LogP contribution in [-0.2, 0) is 14.3 Å². The van der Waals surface area contributed by atoms with Crippen LogP contribution in [0.3, 0.4) is 0 Å². The van der Waals surface area contributed by atoms with Crippen molar-refractivity contribution >= 4 is 23.3 Å². The molecule has 0 aliphatic carbocycles. The third kappa shape index (κ3) is 6.10. The van der Waals surface area contributed by atoms with Gasteiger partial charge in [0.25, 0.3) is 0 Å². The minimum absolute atomic E-state index is 0.114. The molecule has 7 heteroatoms. The summed E-state index contributed by atoms with van der Waals surface area (Å²) in [7, 11) is 2.94. The van der Waals surface area contributed by atoms with E-state index in [0.717, 1.165) is 11.4 Å². The summed E-state index contributed by atoms with van der Waals surface area (Å²) in [5.41, 5.74) is 1.84. The number of ether oxygens (including phenoxy) is 3. The Bertz CT molecular complexity index is 714. The monoisotopic (exact) mass is 358 g/mol. The Hall–Kier alpha value is -3.06. The van der Waals surface area contributed by atoms with E-state index in [1.54, 1.807) is 31.4 Å². The lowest BCUT2D eigenvalue weighted by Crippen LogP contribution is -2.21. The number of carbonyl (C=O) groups is 2. The number of benzene rings is 2. The maximum atomic E-state index is 12.0. The van der Waals surface area contributed by atoms with Crippen molar-refractivity contribution in [3.63, 3.8) is 0 Å². The first-order valence-electron chi connectivity index (χ1n) is 8.06. The van der Waals surface area contributed by atoms with Crippen LogP contribution in [0.25, 0.3) is 0 Å². The second kappa shape index (κ2) is 10.0. The van der Waals surface area contributed by atoms with E-state index in [0.29, 0.717) is 24.5 Å². The molecule has 0 aromatic heterocycles. The van der Waals surface area contributed by atoms with Crippen LogP contribution in [0.5, 0.6) is 5.75 Å². The maximum Gasteiger partial charge on any atom is 0.337 e. The SMILES string of the molecule is COCCOc1ccc(NCC(=O)Nc2ccc(C(=O)OC)cc2)cc1. The predicted molar refractivity (Wildman–Crippen MR) is 98.7 cm³/mol. The first-order valence-corrected chi connectivity index (χ1v) is 8.06. The number of esters is 1. The summed E-state index contributed by atoms with van der Waals surface area (Å²) >= 11 is 0. The second-order valence-electron chi connectivity index (χ2n) is 5.34. The van der Waals surface area contributed by atoms with Gasteiger partial charge in [-0.2, -0.15) is 0 Å². The highest BCUT2D eigenvalue weighted by Gasteiger charge is 2.06. The van der Waals surface area contributed by atoms with E-state index in [1.165, 1.54) is 7.11 Å². The van der Waals surface area contributed by atoms with E-state index in [-0.39, 0.29) is 12.5 Å². The van der Waals surface area contributed by atoms with Gasteiger partial charge in [0, 0.05) is 18.5 Å². The van der Waals surface area contributed by atoms with Gasteiger partial charge in [0.2, 0.25) is 5.91 Å². The zero-order valence-electron chi connectivity index (χ0n) is 14.8. The van der Waals surface area contributed by atoms with E-state index in [2.05, 4.69) is 15.4 Å². The molecule has 0 radical (unpaired) electrons. The molecule has 138 valence electrons. The molecule has 0 saturated carbocycles. The van der Waals surface area contributed by atoms with Crippen LogP contribution in [0.15, 0.2) is 48.5 Å². The van der Waals surface area contributed by atoms with Gasteiger partial charge < -0.3 is 24.8 Å². The summed E-state index contributed by atoms with van der Waals surface area (Å²) in [5.74, 6) is 0.123. The number of amides is 1. The van der Waals surface area contributed by atoms with Crippen LogP contribution in [0, 0.1) is 0 Å². The van der Waals surface area contributed by atoms with Gasteiger partial charge in [-0.05, 0) is 48.5 Å². The molecule has 0 atom stereocenters. The minimum Gasteiger partial charge on any atom is -0.491 e. The normalized spacial score (nSPS) is 10.1. The predicted octanol–water partition coefficient (Wildman–Crippen LogP) is 2.55. The van der Waals surface area contributed by atoms with Crippen LogP contribution in [0.4, 0.5) is 11.4 Å². The molecule has 7 nitrogen and oxygen atoms in total. The van der Waals surface area contributed by atoms with Crippen molar-refractivity contribution < 1.29 is 23.8 Å². The Kier molecular flexibility index (Phi) is 7.45. The number of rotatable bonds is 9. The molecule has 26 heavy (non-hydrogen) atoms. The lowest BCUT2D eigenvalue weighted by Gasteiger charge is -2.09. The van der Waals surface area contributed by atoms with Gasteiger partial charge in [-0.15, -0.1) is 0 Å². The van der Waals surface area contributed by atoms with Gasteiger partial charge in [0.05, 0.1) is 25.8 Å². The fraction of sp³-hybridized carbons (Fsp3) is 0.263. The lowest BCUT2D eigenvalue weighted by molar-refractivity contribution is -0.114. The van der Waals surface area contributed by atoms with E-state index < -0.39 is 5.97 Å². The summed E-state index contributed by atoms with van der Waals surface area (Å²) in [4.78, 5) is 23.4. The molecule has 0 fully saturated rings. The lowest BCUT2D eigenvalue weighted by atomic mass is 10.2. The average molecular weight is 358 g/mol. The molecule has 2 rings (SSSR count). The quantitative estimate of drug-likeness (QED) is 0.529. The van der Waals surface area contributed by atoms with Gasteiger partial charge in [-0.3, -0.25) is 4.79 Å². The Labute approximate surface area is 152 Å². The molecular weight excluding hydrogens is 336 g/mol. The zero-order valence-corrected chi connectivity index (χ0v) is 14.8. The molecule has 0 heterocycles. The molecule has 2 aromatic carbocycles. The van der Waals surface area contributed by atoms with Crippen LogP contribution in [0.1, 0.15) is 10.4 Å². The van der Waals surface area contributed by atoms with E-state index in [1.807, 2.05) is 24.3 Å².